The lowest BCUT2D eigenvalue weighted by atomic mass is 9.93. The van der Waals surface area contributed by atoms with Crippen molar-refractivity contribution in [3.05, 3.63) is 51.5 Å². The predicted octanol–water partition coefficient (Wildman–Crippen LogP) is 5.07. The van der Waals surface area contributed by atoms with E-state index in [1.165, 1.54) is 40.8 Å². The molecule has 0 saturated carbocycles. The van der Waals surface area contributed by atoms with Crippen molar-refractivity contribution in [1.82, 2.24) is 9.55 Å². The molecular formula is C17H17ClN2S. The van der Waals surface area contributed by atoms with E-state index in [-0.39, 0.29) is 0 Å². The molecule has 0 amide bonds. The summed E-state index contributed by atoms with van der Waals surface area (Å²) in [5.74, 6) is 1.45. The van der Waals surface area contributed by atoms with Crippen molar-refractivity contribution in [1.29, 1.82) is 0 Å². The van der Waals surface area contributed by atoms with Gasteiger partial charge in [0.25, 0.3) is 0 Å². The van der Waals surface area contributed by atoms with Crippen molar-refractivity contribution in [3.63, 3.8) is 0 Å². The molecular weight excluding hydrogens is 300 g/mol. The molecule has 21 heavy (non-hydrogen) atoms. The topological polar surface area (TPSA) is 17.8 Å². The van der Waals surface area contributed by atoms with Crippen LogP contribution in [0.3, 0.4) is 0 Å². The summed E-state index contributed by atoms with van der Waals surface area (Å²) >= 11 is 8.06. The van der Waals surface area contributed by atoms with E-state index in [9.17, 15) is 0 Å². The van der Waals surface area contributed by atoms with Crippen LogP contribution in [0.25, 0.3) is 11.0 Å². The summed E-state index contributed by atoms with van der Waals surface area (Å²) in [7, 11) is 0. The van der Waals surface area contributed by atoms with Crippen LogP contribution in [0, 0.1) is 6.92 Å². The summed E-state index contributed by atoms with van der Waals surface area (Å²) in [6, 6.07) is 9.17. The van der Waals surface area contributed by atoms with Crippen LogP contribution in [0.5, 0.6) is 0 Å². The van der Waals surface area contributed by atoms with E-state index in [1.807, 2.05) is 11.3 Å². The maximum absolute atomic E-state index is 6.18. The van der Waals surface area contributed by atoms with Crippen molar-refractivity contribution in [2.45, 2.75) is 38.1 Å². The zero-order valence-electron chi connectivity index (χ0n) is 12.0. The molecule has 1 atom stereocenters. The average Bonchev–Trinajstić information content (AvgIpc) is 3.09. The summed E-state index contributed by atoms with van der Waals surface area (Å²) in [5, 5.41) is 2.21. The molecule has 1 aromatic carbocycles. The van der Waals surface area contributed by atoms with Gasteiger partial charge in [0.2, 0.25) is 0 Å². The number of fused-ring (bicyclic) bond motifs is 2. The number of alkyl halides is 1. The minimum absolute atomic E-state index is 0.390. The quantitative estimate of drug-likeness (QED) is 0.603. The van der Waals surface area contributed by atoms with Gasteiger partial charge in [-0.25, -0.2) is 4.98 Å². The van der Waals surface area contributed by atoms with Crippen LogP contribution in [-0.2, 0) is 12.3 Å². The van der Waals surface area contributed by atoms with Gasteiger partial charge in [-0.2, -0.15) is 0 Å². The molecule has 1 aliphatic carbocycles. The van der Waals surface area contributed by atoms with Crippen LogP contribution in [-0.4, -0.2) is 9.55 Å². The van der Waals surface area contributed by atoms with Gasteiger partial charge in [-0.15, -0.1) is 22.9 Å². The van der Waals surface area contributed by atoms with E-state index < -0.39 is 0 Å². The normalized spacial score (nSPS) is 18.1. The highest BCUT2D eigenvalue weighted by atomic mass is 35.5. The molecule has 2 aromatic heterocycles. The Labute approximate surface area is 133 Å². The highest BCUT2D eigenvalue weighted by molar-refractivity contribution is 7.10. The van der Waals surface area contributed by atoms with E-state index in [4.69, 9.17) is 16.6 Å². The molecule has 0 N–H and O–H groups in total. The Hall–Kier alpha value is -1.32. The summed E-state index contributed by atoms with van der Waals surface area (Å²) in [4.78, 5) is 6.29. The number of aryl methyl sites for hydroxylation is 2. The van der Waals surface area contributed by atoms with Crippen LogP contribution in [0.4, 0.5) is 0 Å². The van der Waals surface area contributed by atoms with Gasteiger partial charge in [0.1, 0.15) is 5.82 Å². The Balaban J connectivity index is 1.95. The first-order valence-corrected chi connectivity index (χ1v) is 8.79. The molecule has 4 heteroatoms. The van der Waals surface area contributed by atoms with E-state index >= 15 is 0 Å². The van der Waals surface area contributed by atoms with Crippen molar-refractivity contribution in [2.24, 2.45) is 0 Å². The first kappa shape index (κ1) is 13.4. The van der Waals surface area contributed by atoms with Crippen LogP contribution in [0.1, 0.15) is 40.7 Å². The third-order valence-electron chi connectivity index (χ3n) is 4.37. The Morgan fingerprint density at radius 3 is 3.14 bits per heavy atom. The Morgan fingerprint density at radius 2 is 2.29 bits per heavy atom. The van der Waals surface area contributed by atoms with E-state index in [0.717, 1.165) is 11.3 Å². The van der Waals surface area contributed by atoms with Gasteiger partial charge in [-0.05, 0) is 60.9 Å². The molecule has 0 saturated heterocycles. The van der Waals surface area contributed by atoms with Gasteiger partial charge in [0.05, 0.1) is 23.0 Å². The standard InChI is InChI=1S/C17H17ClN2S/c1-11-5-6-15-13(9-11)19-17(10-18)20(15)14-3-2-4-16-12(14)7-8-21-16/h5-9,14H,2-4,10H2,1H3. The molecule has 0 spiro atoms. The molecule has 2 heterocycles. The second-order valence-corrected chi connectivity index (χ2v) is 7.00. The number of hydrogen-bond donors (Lipinski definition) is 0. The second-order valence-electron chi connectivity index (χ2n) is 5.73. The Morgan fingerprint density at radius 1 is 1.38 bits per heavy atom. The van der Waals surface area contributed by atoms with E-state index in [1.54, 1.807) is 0 Å². The van der Waals surface area contributed by atoms with Crippen molar-refractivity contribution < 1.29 is 0 Å². The third kappa shape index (κ3) is 2.11. The number of nitrogens with zero attached hydrogens (tertiary/aromatic N) is 2. The number of thiophene rings is 1. The molecule has 0 bridgehead atoms. The fourth-order valence-electron chi connectivity index (χ4n) is 3.43. The number of hydrogen-bond acceptors (Lipinski definition) is 2. The third-order valence-corrected chi connectivity index (χ3v) is 5.61. The minimum atomic E-state index is 0.390. The number of halogens is 1. The smallest absolute Gasteiger partial charge is 0.125 e. The molecule has 1 aliphatic rings. The maximum atomic E-state index is 6.18. The van der Waals surface area contributed by atoms with Crippen molar-refractivity contribution in [3.8, 4) is 0 Å². The molecule has 2 nitrogen and oxygen atoms in total. The fourth-order valence-corrected chi connectivity index (χ4v) is 4.60. The summed E-state index contributed by atoms with van der Waals surface area (Å²) < 4.78 is 2.37. The van der Waals surface area contributed by atoms with Gasteiger partial charge >= 0.3 is 0 Å². The van der Waals surface area contributed by atoms with E-state index in [0.29, 0.717) is 11.9 Å². The van der Waals surface area contributed by atoms with Crippen LogP contribution < -0.4 is 0 Å². The summed E-state index contributed by atoms with van der Waals surface area (Å²) in [5.41, 5.74) is 4.99. The molecule has 0 radical (unpaired) electrons. The second kappa shape index (κ2) is 5.15. The first-order chi connectivity index (χ1) is 10.3. The van der Waals surface area contributed by atoms with Crippen LogP contribution in [0.15, 0.2) is 29.6 Å². The molecule has 1 unspecified atom stereocenters. The van der Waals surface area contributed by atoms with E-state index in [2.05, 4.69) is 41.1 Å². The number of aromatic nitrogens is 2. The summed E-state index contributed by atoms with van der Waals surface area (Å²) in [6.07, 6.45) is 3.63. The zero-order valence-corrected chi connectivity index (χ0v) is 13.5. The van der Waals surface area contributed by atoms with Gasteiger partial charge < -0.3 is 4.57 Å². The Bertz CT molecular complexity index is 802. The monoisotopic (exact) mass is 316 g/mol. The van der Waals surface area contributed by atoms with Gasteiger partial charge in [0.15, 0.2) is 0 Å². The van der Waals surface area contributed by atoms with Gasteiger partial charge in [-0.1, -0.05) is 6.07 Å². The lowest BCUT2D eigenvalue weighted by Gasteiger charge is -2.26. The highest BCUT2D eigenvalue weighted by Crippen LogP contribution is 2.38. The number of benzene rings is 1. The van der Waals surface area contributed by atoms with Gasteiger partial charge in [-0.3, -0.25) is 0 Å². The summed E-state index contributed by atoms with van der Waals surface area (Å²) in [6.45, 7) is 2.11. The molecule has 4 rings (SSSR count). The number of rotatable bonds is 2. The maximum Gasteiger partial charge on any atom is 0.125 e. The molecule has 0 fully saturated rings. The number of imidazole rings is 1. The zero-order chi connectivity index (χ0) is 14.4. The highest BCUT2D eigenvalue weighted by Gasteiger charge is 2.26. The first-order valence-electron chi connectivity index (χ1n) is 7.37. The van der Waals surface area contributed by atoms with Crippen molar-refractivity contribution >= 4 is 34.0 Å². The fraction of sp³-hybridized carbons (Fsp3) is 0.353. The predicted molar refractivity (Wildman–Crippen MR) is 89.4 cm³/mol. The lowest BCUT2D eigenvalue weighted by Crippen LogP contribution is -2.17. The van der Waals surface area contributed by atoms with Crippen LogP contribution >= 0.6 is 22.9 Å². The van der Waals surface area contributed by atoms with Gasteiger partial charge in [0, 0.05) is 4.88 Å². The lowest BCUT2D eigenvalue weighted by molar-refractivity contribution is 0.495. The molecule has 108 valence electrons. The Kier molecular flexibility index (Phi) is 3.27. The van der Waals surface area contributed by atoms with Crippen LogP contribution in [0.2, 0.25) is 0 Å². The molecule has 0 aliphatic heterocycles. The van der Waals surface area contributed by atoms with Crippen molar-refractivity contribution in [2.75, 3.05) is 0 Å². The SMILES string of the molecule is Cc1ccc2c(c1)nc(CCl)n2C1CCCc2sccc21. The molecule has 3 aromatic rings. The average molecular weight is 317 g/mol. The largest absolute Gasteiger partial charge is 0.319 e. The minimum Gasteiger partial charge on any atom is -0.319 e.